The number of sulfonamides is 1. The van der Waals surface area contributed by atoms with Gasteiger partial charge in [-0.25, -0.2) is 31.3 Å². The summed E-state index contributed by atoms with van der Waals surface area (Å²) in [6, 6.07) is 7.82. The number of piperidine rings is 1. The van der Waals surface area contributed by atoms with Gasteiger partial charge in [-0.05, 0) is 54.8 Å². The molecule has 1 saturated heterocycles. The van der Waals surface area contributed by atoms with Gasteiger partial charge in [-0.2, -0.15) is 0 Å². The molecule has 2 aliphatic rings. The maximum Gasteiger partial charge on any atom is 0.330 e. The number of sulfone groups is 1. The van der Waals surface area contributed by atoms with Gasteiger partial charge in [-0.15, -0.1) is 0 Å². The minimum Gasteiger partial charge on any atom is -0.341 e. The van der Waals surface area contributed by atoms with Crippen molar-refractivity contribution in [1.29, 1.82) is 0 Å². The molecule has 3 heterocycles. The van der Waals surface area contributed by atoms with Crippen molar-refractivity contribution in [3.05, 3.63) is 59.1 Å². The zero-order chi connectivity index (χ0) is 28.1. The largest absolute Gasteiger partial charge is 0.341 e. The van der Waals surface area contributed by atoms with Crippen molar-refractivity contribution < 1.29 is 26.4 Å². The minimum absolute atomic E-state index is 0.0228. The Morgan fingerprint density at radius 1 is 1.10 bits per heavy atom. The summed E-state index contributed by atoms with van der Waals surface area (Å²) < 4.78 is 54.6. The molecule has 3 aromatic rings. The number of hydrogen-bond donors (Lipinski definition) is 1. The molecular weight excluding hydrogens is 566 g/mol. The lowest BCUT2D eigenvalue weighted by molar-refractivity contribution is -0.133. The number of carbonyl (C=O) groups excluding carboxylic acids is 2. The molecule has 14 heteroatoms. The molecule has 5 rings (SSSR count). The Hall–Kier alpha value is -3.00. The number of likely N-dealkylation sites (tertiary alicyclic amines) is 1. The lowest BCUT2D eigenvalue weighted by Crippen LogP contribution is -2.55. The van der Waals surface area contributed by atoms with E-state index in [1.165, 1.54) is 17.0 Å². The highest BCUT2D eigenvalue weighted by Crippen LogP contribution is 2.27. The Morgan fingerprint density at radius 2 is 1.77 bits per heavy atom. The summed E-state index contributed by atoms with van der Waals surface area (Å²) >= 11 is 6.01. The van der Waals surface area contributed by atoms with Crippen LogP contribution < -0.4 is 4.72 Å². The van der Waals surface area contributed by atoms with Gasteiger partial charge < -0.3 is 9.80 Å². The Labute approximate surface area is 231 Å². The van der Waals surface area contributed by atoms with E-state index in [9.17, 15) is 26.4 Å². The second-order valence-electron chi connectivity index (χ2n) is 9.98. The Bertz CT molecular complexity index is 1680. The summed E-state index contributed by atoms with van der Waals surface area (Å²) in [5, 5.41) is 1.91. The van der Waals surface area contributed by atoms with Crippen molar-refractivity contribution >= 4 is 54.2 Å². The molecule has 0 spiro atoms. The standard InChI is InChI=1S/C25H28ClN5O6S2/c1-16-27-13-21-14-30(25(33)31(16)21)20-7-9-29(10-8-20)24(32)23(28-38(2,34)35)15-39(36,37)22-6-4-17-11-19(26)5-3-18(17)12-22/h3-6,11-13,20,23,28H,7-10,14-15H2,1-2H3/t23-/m1/s1. The van der Waals surface area contributed by atoms with Crippen LogP contribution in [0, 0.1) is 6.92 Å². The predicted octanol–water partition coefficient (Wildman–Crippen LogP) is 2.16. The average Bonchev–Trinajstić information content (AvgIpc) is 3.41. The Kier molecular flexibility index (Phi) is 7.20. The van der Waals surface area contributed by atoms with Crippen molar-refractivity contribution in [2.45, 2.75) is 43.3 Å². The molecule has 39 heavy (non-hydrogen) atoms. The molecule has 1 aromatic heterocycles. The minimum atomic E-state index is -4.05. The number of aromatic nitrogens is 2. The normalized spacial score (nSPS) is 17.6. The number of fused-ring (bicyclic) bond motifs is 2. The van der Waals surface area contributed by atoms with Gasteiger partial charge in [0.25, 0.3) is 0 Å². The van der Waals surface area contributed by atoms with Crippen LogP contribution in [0.2, 0.25) is 5.02 Å². The topological polar surface area (TPSA) is 139 Å². The van der Waals surface area contributed by atoms with Crippen LogP contribution in [0.25, 0.3) is 10.8 Å². The van der Waals surface area contributed by atoms with E-state index >= 15 is 0 Å². The molecule has 0 aliphatic carbocycles. The van der Waals surface area contributed by atoms with Crippen molar-refractivity contribution in [1.82, 2.24) is 24.1 Å². The zero-order valence-corrected chi connectivity index (χ0v) is 23.8. The molecule has 1 N–H and O–H groups in total. The van der Waals surface area contributed by atoms with E-state index in [1.807, 2.05) is 0 Å². The molecule has 11 nitrogen and oxygen atoms in total. The van der Waals surface area contributed by atoms with Gasteiger partial charge in [0, 0.05) is 24.2 Å². The number of carbonyl (C=O) groups is 2. The van der Waals surface area contributed by atoms with Crippen molar-refractivity contribution in [2.75, 3.05) is 25.1 Å². The number of nitrogens with one attached hydrogen (secondary N) is 1. The van der Waals surface area contributed by atoms with Crippen LogP contribution in [-0.4, -0.2) is 85.3 Å². The first-order valence-corrected chi connectivity index (χ1v) is 16.3. The van der Waals surface area contributed by atoms with Crippen LogP contribution in [0.15, 0.2) is 47.5 Å². The molecule has 0 unspecified atom stereocenters. The maximum atomic E-state index is 13.4. The fraction of sp³-hybridized carbons (Fsp3) is 0.400. The van der Waals surface area contributed by atoms with Crippen molar-refractivity contribution in [3.8, 4) is 0 Å². The van der Waals surface area contributed by atoms with Crippen LogP contribution in [0.3, 0.4) is 0 Å². The molecule has 0 bridgehead atoms. The second-order valence-corrected chi connectivity index (χ2v) is 14.2. The van der Waals surface area contributed by atoms with E-state index in [2.05, 4.69) is 9.71 Å². The van der Waals surface area contributed by atoms with E-state index in [1.54, 1.807) is 46.9 Å². The number of imidazole rings is 1. The molecule has 2 aliphatic heterocycles. The molecular formula is C25H28ClN5O6S2. The number of aryl methyl sites for hydroxylation is 1. The number of amides is 2. The first kappa shape index (κ1) is 27.6. The van der Waals surface area contributed by atoms with E-state index in [0.717, 1.165) is 17.3 Å². The molecule has 0 saturated carbocycles. The van der Waals surface area contributed by atoms with Crippen molar-refractivity contribution in [3.63, 3.8) is 0 Å². The lowest BCUT2D eigenvalue weighted by atomic mass is 10.0. The predicted molar refractivity (Wildman–Crippen MR) is 146 cm³/mol. The van der Waals surface area contributed by atoms with Gasteiger partial charge in [0.2, 0.25) is 15.9 Å². The number of nitrogens with zero attached hydrogens (tertiary/aromatic N) is 4. The summed E-state index contributed by atoms with van der Waals surface area (Å²) in [6.45, 7) is 2.73. The summed E-state index contributed by atoms with van der Waals surface area (Å²) in [5.74, 6) is -0.727. The van der Waals surface area contributed by atoms with Crippen LogP contribution in [-0.2, 0) is 31.2 Å². The number of rotatable bonds is 7. The van der Waals surface area contributed by atoms with Gasteiger partial charge in [-0.3, -0.25) is 9.36 Å². The lowest BCUT2D eigenvalue weighted by Gasteiger charge is -2.37. The molecule has 2 amide bonds. The van der Waals surface area contributed by atoms with Crippen LogP contribution in [0.5, 0.6) is 0 Å². The molecule has 2 aromatic carbocycles. The van der Waals surface area contributed by atoms with E-state index in [0.29, 0.717) is 35.6 Å². The fourth-order valence-electron chi connectivity index (χ4n) is 5.26. The first-order valence-electron chi connectivity index (χ1n) is 12.3. The van der Waals surface area contributed by atoms with Gasteiger partial charge in [0.15, 0.2) is 9.84 Å². The Balaban J connectivity index is 1.30. The number of benzene rings is 2. The molecule has 1 atom stereocenters. The fourth-order valence-corrected chi connectivity index (χ4v) is 7.68. The zero-order valence-electron chi connectivity index (χ0n) is 21.4. The highest BCUT2D eigenvalue weighted by atomic mass is 35.5. The highest BCUT2D eigenvalue weighted by Gasteiger charge is 2.38. The van der Waals surface area contributed by atoms with E-state index in [-0.39, 0.29) is 30.1 Å². The highest BCUT2D eigenvalue weighted by molar-refractivity contribution is 7.91. The molecule has 1 fully saturated rings. The third-order valence-electron chi connectivity index (χ3n) is 7.17. The van der Waals surface area contributed by atoms with Gasteiger partial charge in [-0.1, -0.05) is 23.7 Å². The summed E-state index contributed by atoms with van der Waals surface area (Å²) in [7, 11) is -7.94. The van der Waals surface area contributed by atoms with Crippen LogP contribution in [0.1, 0.15) is 24.4 Å². The van der Waals surface area contributed by atoms with Crippen LogP contribution >= 0.6 is 11.6 Å². The van der Waals surface area contributed by atoms with Gasteiger partial charge in [0.05, 0.1) is 35.3 Å². The summed E-state index contributed by atoms with van der Waals surface area (Å²) in [6.07, 6.45) is 3.54. The first-order chi connectivity index (χ1) is 18.3. The van der Waals surface area contributed by atoms with Crippen LogP contribution in [0.4, 0.5) is 4.79 Å². The summed E-state index contributed by atoms with van der Waals surface area (Å²) in [5.41, 5.74) is 0.815. The number of halogens is 1. The Morgan fingerprint density at radius 3 is 2.44 bits per heavy atom. The average molecular weight is 594 g/mol. The molecule has 0 radical (unpaired) electrons. The second kappa shape index (κ2) is 10.2. The quantitative estimate of drug-likeness (QED) is 0.443. The van der Waals surface area contributed by atoms with E-state index in [4.69, 9.17) is 11.6 Å². The van der Waals surface area contributed by atoms with Crippen molar-refractivity contribution in [2.24, 2.45) is 0 Å². The summed E-state index contributed by atoms with van der Waals surface area (Å²) in [4.78, 5) is 33.7. The SMILES string of the molecule is Cc1ncc2n1C(=O)N(C1CCN(C(=O)[C@@H](CS(=O)(=O)c3ccc4cc(Cl)ccc4c3)NS(C)(=O)=O)CC1)C2. The third-order valence-corrected chi connectivity index (χ3v) is 9.86. The van der Waals surface area contributed by atoms with E-state index < -0.39 is 37.6 Å². The van der Waals surface area contributed by atoms with Gasteiger partial charge in [0.1, 0.15) is 11.9 Å². The third kappa shape index (κ3) is 5.67. The maximum absolute atomic E-state index is 13.4. The molecule has 208 valence electrons. The number of hydrogen-bond acceptors (Lipinski definition) is 7. The monoisotopic (exact) mass is 593 g/mol. The smallest absolute Gasteiger partial charge is 0.330 e. The van der Waals surface area contributed by atoms with Gasteiger partial charge >= 0.3 is 6.03 Å².